The molecule has 0 N–H and O–H groups in total. The Morgan fingerprint density at radius 3 is 1.22 bits per heavy atom. The van der Waals surface area contributed by atoms with Crippen LogP contribution in [0.1, 0.15) is 132 Å². The first-order valence-electron chi connectivity index (χ1n) is 18.9. The van der Waals surface area contributed by atoms with Crippen LogP contribution in [0.4, 0.5) is 0 Å². The second-order valence-electron chi connectivity index (χ2n) is 14.0. The van der Waals surface area contributed by atoms with Crippen molar-refractivity contribution in [2.24, 2.45) is 11.8 Å². The lowest BCUT2D eigenvalue weighted by atomic mass is 10.0. The molecule has 4 atom stereocenters. The van der Waals surface area contributed by atoms with Crippen LogP contribution in [0.3, 0.4) is 0 Å². The third-order valence-corrected chi connectivity index (χ3v) is 9.04. The van der Waals surface area contributed by atoms with Crippen LogP contribution < -0.4 is 9.47 Å². The zero-order valence-corrected chi connectivity index (χ0v) is 33.7. The van der Waals surface area contributed by atoms with Gasteiger partial charge in [0.15, 0.2) is 0 Å². The zero-order valence-electron chi connectivity index (χ0n) is 32.9. The summed E-state index contributed by atoms with van der Waals surface area (Å²) in [6.07, 6.45) is 9.80. The largest absolute Gasteiger partial charge is 0.465 e. The fourth-order valence-electron chi connectivity index (χ4n) is 5.69. The van der Waals surface area contributed by atoms with Crippen molar-refractivity contribution in [1.29, 1.82) is 0 Å². The standard InChI is InChI=1S/C40H66O10S/c1-11-43-39(9,47-33(7)45-37-27-23-35(24-28-37)21-17-13-15-19-31(3)4)49-51(41,42)50-40(10,44-12-2)48-34(8)46-38-29-25-36(26-30-38)22-18-14-16-20-32(5)6/h23-34H,11-22H2,1-10H3. The molecule has 0 aliphatic carbocycles. The van der Waals surface area contributed by atoms with Crippen LogP contribution in [0.15, 0.2) is 48.5 Å². The third-order valence-electron chi connectivity index (χ3n) is 8.02. The molecule has 4 unspecified atom stereocenters. The molecule has 51 heavy (non-hydrogen) atoms. The lowest BCUT2D eigenvalue weighted by Crippen LogP contribution is -2.46. The highest BCUT2D eigenvalue weighted by molar-refractivity contribution is 7.81. The van der Waals surface area contributed by atoms with E-state index >= 15 is 0 Å². The molecule has 2 aromatic carbocycles. The van der Waals surface area contributed by atoms with Crippen molar-refractivity contribution in [3.8, 4) is 11.5 Å². The van der Waals surface area contributed by atoms with Crippen molar-refractivity contribution >= 4 is 10.4 Å². The summed E-state index contributed by atoms with van der Waals surface area (Å²) < 4.78 is 71.7. The molecule has 0 heterocycles. The molecule has 0 amide bonds. The van der Waals surface area contributed by atoms with Gasteiger partial charge in [0.2, 0.25) is 12.6 Å². The second kappa shape index (κ2) is 22.7. The summed E-state index contributed by atoms with van der Waals surface area (Å²) in [6, 6.07) is 15.5. The van der Waals surface area contributed by atoms with Gasteiger partial charge in [0.1, 0.15) is 11.5 Å². The highest BCUT2D eigenvalue weighted by atomic mass is 32.3. The molecule has 2 rings (SSSR count). The van der Waals surface area contributed by atoms with Gasteiger partial charge >= 0.3 is 22.3 Å². The van der Waals surface area contributed by atoms with Crippen molar-refractivity contribution in [3.05, 3.63) is 59.7 Å². The summed E-state index contributed by atoms with van der Waals surface area (Å²) in [7, 11) is -4.84. The van der Waals surface area contributed by atoms with Crippen LogP contribution in [0.25, 0.3) is 0 Å². The van der Waals surface area contributed by atoms with Crippen LogP contribution in [0, 0.1) is 11.8 Å². The van der Waals surface area contributed by atoms with Gasteiger partial charge in [0.25, 0.3) is 0 Å². The first-order chi connectivity index (χ1) is 24.1. The Labute approximate surface area is 309 Å². The lowest BCUT2D eigenvalue weighted by molar-refractivity contribution is -0.384. The van der Waals surface area contributed by atoms with E-state index in [9.17, 15) is 8.42 Å². The minimum Gasteiger partial charge on any atom is -0.465 e. The van der Waals surface area contributed by atoms with E-state index in [1.807, 2.05) is 48.5 Å². The van der Waals surface area contributed by atoms with E-state index in [4.69, 9.17) is 36.8 Å². The highest BCUT2D eigenvalue weighted by Gasteiger charge is 2.43. The van der Waals surface area contributed by atoms with Gasteiger partial charge in [-0.15, -0.1) is 0 Å². The number of unbranched alkanes of at least 4 members (excludes halogenated alkanes) is 4. The molecule has 0 saturated carbocycles. The van der Waals surface area contributed by atoms with Gasteiger partial charge in [0.05, 0.1) is 0 Å². The molecule has 0 saturated heterocycles. The van der Waals surface area contributed by atoms with Gasteiger partial charge in [-0.2, -0.15) is 16.8 Å². The predicted octanol–water partition coefficient (Wildman–Crippen LogP) is 10.1. The van der Waals surface area contributed by atoms with E-state index in [0.717, 1.165) is 37.5 Å². The van der Waals surface area contributed by atoms with Crippen LogP contribution in [0.5, 0.6) is 11.5 Å². The molecule has 0 aliphatic heterocycles. The summed E-state index contributed by atoms with van der Waals surface area (Å²) in [4.78, 5) is 0. The molecule has 0 fully saturated rings. The maximum atomic E-state index is 13.2. The van der Waals surface area contributed by atoms with E-state index in [1.165, 1.54) is 63.5 Å². The second-order valence-corrected chi connectivity index (χ2v) is 15.2. The van der Waals surface area contributed by atoms with Crippen molar-refractivity contribution < 1.29 is 45.2 Å². The molecule has 292 valence electrons. The summed E-state index contributed by atoms with van der Waals surface area (Å²) in [5, 5.41) is 0. The van der Waals surface area contributed by atoms with Crippen LogP contribution in [-0.2, 0) is 50.6 Å². The zero-order chi connectivity index (χ0) is 37.9. The topological polar surface area (TPSA) is 108 Å². The Balaban J connectivity index is 1.94. The number of hydrogen-bond acceptors (Lipinski definition) is 10. The Morgan fingerprint density at radius 1 is 0.549 bits per heavy atom. The lowest BCUT2D eigenvalue weighted by Gasteiger charge is -2.34. The number of hydrogen-bond donors (Lipinski definition) is 0. The van der Waals surface area contributed by atoms with Crippen molar-refractivity contribution in [1.82, 2.24) is 0 Å². The molecule has 10 nitrogen and oxygen atoms in total. The summed E-state index contributed by atoms with van der Waals surface area (Å²) in [5.74, 6) is -1.59. The molecule has 0 aliphatic rings. The Hall–Kier alpha value is -2.25. The first kappa shape index (κ1) is 44.9. The maximum Gasteiger partial charge on any atom is 0.409 e. The van der Waals surface area contributed by atoms with Crippen molar-refractivity contribution in [2.75, 3.05) is 13.2 Å². The number of aryl methyl sites for hydroxylation is 2. The minimum atomic E-state index is -4.84. The molecule has 0 radical (unpaired) electrons. The normalized spacial score (nSPS) is 15.8. The van der Waals surface area contributed by atoms with Gasteiger partial charge in [-0.1, -0.05) is 90.5 Å². The maximum absolute atomic E-state index is 13.2. The van der Waals surface area contributed by atoms with Crippen molar-refractivity contribution in [2.45, 2.75) is 158 Å². The highest BCUT2D eigenvalue weighted by Crippen LogP contribution is 2.28. The van der Waals surface area contributed by atoms with Crippen LogP contribution in [-0.4, -0.2) is 46.2 Å². The molecule has 2 aromatic rings. The van der Waals surface area contributed by atoms with Gasteiger partial charge in [-0.3, -0.25) is 9.47 Å². The van der Waals surface area contributed by atoms with Crippen LogP contribution in [0.2, 0.25) is 0 Å². The average Bonchev–Trinajstić information content (AvgIpc) is 3.01. The molecular formula is C40H66O10S. The number of benzene rings is 2. The Morgan fingerprint density at radius 2 is 0.902 bits per heavy atom. The van der Waals surface area contributed by atoms with E-state index < -0.39 is 34.9 Å². The average molecular weight is 739 g/mol. The minimum absolute atomic E-state index is 0.0750. The molecule has 0 aromatic heterocycles. The van der Waals surface area contributed by atoms with E-state index in [-0.39, 0.29) is 13.2 Å². The smallest absolute Gasteiger partial charge is 0.409 e. The Bertz CT molecular complexity index is 1220. The molecule has 11 heteroatoms. The molecule has 0 spiro atoms. The quantitative estimate of drug-likeness (QED) is 0.0618. The summed E-state index contributed by atoms with van der Waals surface area (Å²) in [6.45, 7) is 18.4. The fraction of sp³-hybridized carbons (Fsp3) is 0.700. The summed E-state index contributed by atoms with van der Waals surface area (Å²) in [5.41, 5.74) is 2.45. The fourth-order valence-corrected chi connectivity index (χ4v) is 6.64. The van der Waals surface area contributed by atoms with Gasteiger partial charge in [0, 0.05) is 27.1 Å². The third kappa shape index (κ3) is 19.4. The van der Waals surface area contributed by atoms with Gasteiger partial charge in [-0.25, -0.2) is 0 Å². The Kier molecular flexibility index (Phi) is 20.0. The van der Waals surface area contributed by atoms with Gasteiger partial charge in [-0.05, 0) is 101 Å². The van der Waals surface area contributed by atoms with Gasteiger partial charge < -0.3 is 18.9 Å². The van der Waals surface area contributed by atoms with E-state index in [1.54, 1.807) is 27.7 Å². The number of ether oxygens (including phenoxy) is 6. The predicted molar refractivity (Wildman–Crippen MR) is 200 cm³/mol. The van der Waals surface area contributed by atoms with Crippen LogP contribution >= 0.6 is 0 Å². The molecular weight excluding hydrogens is 672 g/mol. The SMILES string of the molecule is CCOC(C)(OC(C)Oc1ccc(CCCCCC(C)C)cc1)OS(=O)(=O)OC(C)(OCC)OC(C)Oc1ccc(CCCCCC(C)C)cc1. The molecule has 0 bridgehead atoms. The van der Waals surface area contributed by atoms with E-state index in [2.05, 4.69) is 27.7 Å². The summed E-state index contributed by atoms with van der Waals surface area (Å²) >= 11 is 0. The monoisotopic (exact) mass is 738 g/mol. The first-order valence-corrected chi connectivity index (χ1v) is 20.2. The number of rotatable bonds is 28. The van der Waals surface area contributed by atoms with Crippen molar-refractivity contribution in [3.63, 3.8) is 0 Å². The van der Waals surface area contributed by atoms with E-state index in [0.29, 0.717) is 11.5 Å².